The van der Waals surface area contributed by atoms with E-state index in [1.54, 1.807) is 7.11 Å². The zero-order chi connectivity index (χ0) is 13.6. The van der Waals surface area contributed by atoms with Gasteiger partial charge in [-0.25, -0.2) is 0 Å². The van der Waals surface area contributed by atoms with Gasteiger partial charge in [0.1, 0.15) is 0 Å². The van der Waals surface area contributed by atoms with Crippen LogP contribution in [0.4, 0.5) is 0 Å². The molecule has 0 amide bonds. The summed E-state index contributed by atoms with van der Waals surface area (Å²) in [6, 6.07) is 7.05. The van der Waals surface area contributed by atoms with Crippen molar-refractivity contribution in [1.82, 2.24) is 0 Å². The molecule has 0 radical (unpaired) electrons. The molecular weight excluding hydrogens is 220 g/mol. The third kappa shape index (κ3) is 2.47. The lowest BCUT2D eigenvalue weighted by Crippen LogP contribution is -2.20. The fraction of sp³-hybridized carbons (Fsp3) is 0.647. The Labute approximate surface area is 112 Å². The van der Waals surface area contributed by atoms with Crippen LogP contribution in [-0.4, -0.2) is 7.11 Å². The van der Waals surface area contributed by atoms with E-state index in [4.69, 9.17) is 4.74 Å². The summed E-state index contributed by atoms with van der Waals surface area (Å²) in [7, 11) is 1.79. The quantitative estimate of drug-likeness (QED) is 0.745. The van der Waals surface area contributed by atoms with Crippen molar-refractivity contribution in [1.29, 1.82) is 0 Å². The second-order valence-electron chi connectivity index (χ2n) is 6.77. The van der Waals surface area contributed by atoms with Gasteiger partial charge in [-0.05, 0) is 54.7 Å². The summed E-state index contributed by atoms with van der Waals surface area (Å²) < 4.78 is 5.65. The van der Waals surface area contributed by atoms with E-state index in [1.807, 2.05) is 0 Å². The Bertz CT molecular complexity index is 439. The van der Waals surface area contributed by atoms with E-state index in [2.05, 4.69) is 52.8 Å². The summed E-state index contributed by atoms with van der Waals surface area (Å²) in [6.45, 7) is 11.2. The fourth-order valence-corrected chi connectivity index (χ4v) is 2.28. The molecule has 18 heavy (non-hydrogen) atoms. The van der Waals surface area contributed by atoms with Crippen LogP contribution in [0.15, 0.2) is 18.2 Å². The number of hydrogen-bond acceptors (Lipinski definition) is 1. The van der Waals surface area contributed by atoms with Crippen LogP contribution in [0.5, 0.6) is 0 Å². The predicted octanol–water partition coefficient (Wildman–Crippen LogP) is 4.74. The first kappa shape index (κ1) is 13.6. The molecule has 0 spiro atoms. The van der Waals surface area contributed by atoms with Gasteiger partial charge in [-0.2, -0.15) is 0 Å². The molecule has 1 aromatic rings. The van der Waals surface area contributed by atoms with Crippen LogP contribution in [0, 0.1) is 0 Å². The van der Waals surface area contributed by atoms with Gasteiger partial charge >= 0.3 is 0 Å². The molecule has 1 saturated carbocycles. The van der Waals surface area contributed by atoms with Crippen LogP contribution < -0.4 is 0 Å². The Morgan fingerprint density at radius 2 is 1.78 bits per heavy atom. The Kier molecular flexibility index (Phi) is 3.31. The summed E-state index contributed by atoms with van der Waals surface area (Å²) in [4.78, 5) is 0. The second-order valence-corrected chi connectivity index (χ2v) is 6.77. The molecule has 100 valence electrons. The van der Waals surface area contributed by atoms with Gasteiger partial charge in [0, 0.05) is 7.11 Å². The van der Waals surface area contributed by atoms with E-state index >= 15 is 0 Å². The molecule has 0 bridgehead atoms. The molecule has 1 aromatic carbocycles. The van der Waals surface area contributed by atoms with Crippen molar-refractivity contribution >= 4 is 0 Å². The first-order chi connectivity index (χ1) is 8.28. The summed E-state index contributed by atoms with van der Waals surface area (Å²) in [5, 5.41) is 0. The molecular formula is C17H26O. The molecule has 0 saturated heterocycles. The highest BCUT2D eigenvalue weighted by Gasteiger charge is 2.40. The molecule has 0 unspecified atom stereocenters. The summed E-state index contributed by atoms with van der Waals surface area (Å²) in [5.74, 6) is 0.568. The largest absolute Gasteiger partial charge is 0.374 e. The Morgan fingerprint density at radius 3 is 2.22 bits per heavy atom. The molecule has 1 heteroatoms. The van der Waals surface area contributed by atoms with Crippen molar-refractivity contribution < 1.29 is 4.74 Å². The lowest BCUT2D eigenvalue weighted by molar-refractivity contribution is 0.0190. The number of ether oxygens (including phenoxy) is 1. The fourth-order valence-electron chi connectivity index (χ4n) is 2.28. The highest BCUT2D eigenvalue weighted by atomic mass is 16.5. The normalized spacial score (nSPS) is 18.2. The first-order valence-corrected chi connectivity index (χ1v) is 6.99. The van der Waals surface area contributed by atoms with Crippen LogP contribution >= 0.6 is 0 Å². The smallest absolute Gasteiger partial charge is 0.0871 e. The molecule has 1 fully saturated rings. The molecule has 2 rings (SSSR count). The molecule has 0 N–H and O–H groups in total. The zero-order valence-corrected chi connectivity index (χ0v) is 12.6. The maximum absolute atomic E-state index is 5.65. The molecule has 1 aliphatic carbocycles. The zero-order valence-electron chi connectivity index (χ0n) is 12.6. The third-order valence-corrected chi connectivity index (χ3v) is 4.52. The monoisotopic (exact) mass is 246 g/mol. The van der Waals surface area contributed by atoms with Gasteiger partial charge in [-0.15, -0.1) is 0 Å². The SMILES string of the molecule is COC(C)(C)c1cc(C(C)C)cc(C2(C)CC2)c1. The molecule has 0 aliphatic heterocycles. The number of methoxy groups -OCH3 is 1. The van der Waals surface area contributed by atoms with E-state index in [-0.39, 0.29) is 5.60 Å². The molecule has 0 aromatic heterocycles. The Hall–Kier alpha value is -0.820. The average Bonchev–Trinajstić information content (AvgIpc) is 3.08. The van der Waals surface area contributed by atoms with E-state index in [1.165, 1.54) is 29.5 Å². The highest BCUT2D eigenvalue weighted by Crippen LogP contribution is 2.48. The second kappa shape index (κ2) is 4.38. The van der Waals surface area contributed by atoms with Crippen LogP contribution in [0.2, 0.25) is 0 Å². The van der Waals surface area contributed by atoms with Crippen molar-refractivity contribution in [2.45, 2.75) is 64.4 Å². The summed E-state index contributed by atoms with van der Waals surface area (Å²) in [5.41, 5.74) is 4.45. The van der Waals surface area contributed by atoms with Gasteiger partial charge in [0.25, 0.3) is 0 Å². The van der Waals surface area contributed by atoms with Crippen molar-refractivity contribution in [3.8, 4) is 0 Å². The van der Waals surface area contributed by atoms with Gasteiger partial charge in [0.2, 0.25) is 0 Å². The van der Waals surface area contributed by atoms with Crippen molar-refractivity contribution in [3.05, 3.63) is 34.9 Å². The molecule has 1 aliphatic rings. The average molecular weight is 246 g/mol. The van der Waals surface area contributed by atoms with Gasteiger partial charge < -0.3 is 4.74 Å². The number of hydrogen-bond donors (Lipinski definition) is 0. The predicted molar refractivity (Wildman–Crippen MR) is 77.2 cm³/mol. The van der Waals surface area contributed by atoms with E-state index in [9.17, 15) is 0 Å². The van der Waals surface area contributed by atoms with Crippen LogP contribution in [0.25, 0.3) is 0 Å². The minimum atomic E-state index is -0.203. The Morgan fingerprint density at radius 1 is 1.17 bits per heavy atom. The van der Waals surface area contributed by atoms with Crippen LogP contribution in [-0.2, 0) is 15.8 Å². The third-order valence-electron chi connectivity index (χ3n) is 4.52. The summed E-state index contributed by atoms with van der Waals surface area (Å²) >= 11 is 0. The van der Waals surface area contributed by atoms with Gasteiger partial charge in [-0.3, -0.25) is 0 Å². The number of rotatable bonds is 4. The Balaban J connectivity index is 2.50. The lowest BCUT2D eigenvalue weighted by atomic mass is 9.86. The van der Waals surface area contributed by atoms with Crippen molar-refractivity contribution in [2.75, 3.05) is 7.11 Å². The van der Waals surface area contributed by atoms with Crippen LogP contribution in [0.1, 0.15) is 70.1 Å². The minimum absolute atomic E-state index is 0.203. The summed E-state index contributed by atoms with van der Waals surface area (Å²) in [6.07, 6.45) is 2.64. The van der Waals surface area contributed by atoms with Crippen molar-refractivity contribution in [3.63, 3.8) is 0 Å². The van der Waals surface area contributed by atoms with E-state index < -0.39 is 0 Å². The highest BCUT2D eigenvalue weighted by molar-refractivity contribution is 5.40. The maximum atomic E-state index is 5.65. The molecule has 0 atom stereocenters. The van der Waals surface area contributed by atoms with Gasteiger partial charge in [-0.1, -0.05) is 39.0 Å². The van der Waals surface area contributed by atoms with Gasteiger partial charge in [0.05, 0.1) is 5.60 Å². The van der Waals surface area contributed by atoms with Crippen LogP contribution in [0.3, 0.4) is 0 Å². The standard InChI is InChI=1S/C17H26O/c1-12(2)13-9-14(16(3,4)18-6)11-15(10-13)17(5)7-8-17/h9-12H,7-8H2,1-6H3. The van der Waals surface area contributed by atoms with E-state index in [0.29, 0.717) is 11.3 Å². The molecule has 1 nitrogen and oxygen atoms in total. The molecule has 0 heterocycles. The minimum Gasteiger partial charge on any atom is -0.374 e. The maximum Gasteiger partial charge on any atom is 0.0871 e. The topological polar surface area (TPSA) is 9.23 Å². The van der Waals surface area contributed by atoms with Crippen molar-refractivity contribution in [2.24, 2.45) is 0 Å². The number of benzene rings is 1. The van der Waals surface area contributed by atoms with Gasteiger partial charge in [0.15, 0.2) is 0 Å². The first-order valence-electron chi connectivity index (χ1n) is 6.99. The van der Waals surface area contributed by atoms with E-state index in [0.717, 1.165) is 0 Å². The lowest BCUT2D eigenvalue weighted by Gasteiger charge is -2.26.